The second-order valence-electron chi connectivity index (χ2n) is 4.31. The first-order valence-electron chi connectivity index (χ1n) is 5.82. The van der Waals surface area contributed by atoms with Gasteiger partial charge in [-0.25, -0.2) is 9.97 Å². The van der Waals surface area contributed by atoms with Crippen LogP contribution in [0.15, 0.2) is 6.20 Å². The Labute approximate surface area is 91.3 Å². The molecule has 0 saturated heterocycles. The second kappa shape index (κ2) is 4.60. The summed E-state index contributed by atoms with van der Waals surface area (Å²) in [5, 5.41) is 3.10. The monoisotopic (exact) mass is 205 g/mol. The van der Waals surface area contributed by atoms with E-state index in [1.165, 1.54) is 32.1 Å². The van der Waals surface area contributed by atoms with Crippen molar-refractivity contribution in [2.45, 2.75) is 44.9 Å². The number of aryl methyl sites for hydroxylation is 1. The van der Waals surface area contributed by atoms with Gasteiger partial charge in [-0.3, -0.25) is 0 Å². The molecule has 0 unspecified atom stereocenters. The summed E-state index contributed by atoms with van der Waals surface area (Å²) in [5.41, 5.74) is 2.10. The van der Waals surface area contributed by atoms with Crippen LogP contribution < -0.4 is 5.32 Å². The fraction of sp³-hybridized carbons (Fsp3) is 0.667. The maximum atomic E-state index is 4.59. The van der Waals surface area contributed by atoms with Crippen molar-refractivity contribution in [2.24, 2.45) is 0 Å². The Kier molecular flexibility index (Phi) is 3.19. The minimum atomic E-state index is 0.600. The molecule has 1 aliphatic carbocycles. The van der Waals surface area contributed by atoms with Crippen LogP contribution in [0.3, 0.4) is 0 Å². The lowest BCUT2D eigenvalue weighted by molar-refractivity contribution is 0.428. The minimum Gasteiger partial charge on any atom is -0.385 e. The number of aromatic nitrogens is 2. The first kappa shape index (κ1) is 10.4. The van der Waals surface area contributed by atoms with Crippen molar-refractivity contribution in [1.29, 1.82) is 0 Å². The Bertz CT molecular complexity index is 330. The maximum Gasteiger partial charge on any atom is 0.131 e. The van der Waals surface area contributed by atoms with Crippen LogP contribution in [0.2, 0.25) is 0 Å². The molecule has 0 aliphatic heterocycles. The Balaban J connectivity index is 2.17. The molecule has 0 bridgehead atoms. The predicted molar refractivity (Wildman–Crippen MR) is 62.1 cm³/mol. The first-order chi connectivity index (χ1) is 7.31. The zero-order valence-electron chi connectivity index (χ0n) is 9.58. The SMILES string of the molecule is CNc1cnc(C2CCCCC2)nc1C. The summed E-state index contributed by atoms with van der Waals surface area (Å²) in [5.74, 6) is 1.65. The highest BCUT2D eigenvalue weighted by atomic mass is 15.0. The van der Waals surface area contributed by atoms with E-state index in [1.54, 1.807) is 0 Å². The molecule has 1 aromatic rings. The van der Waals surface area contributed by atoms with Gasteiger partial charge in [-0.2, -0.15) is 0 Å². The zero-order valence-corrected chi connectivity index (χ0v) is 9.58. The van der Waals surface area contributed by atoms with Crippen LogP contribution in [0.1, 0.15) is 49.5 Å². The van der Waals surface area contributed by atoms with Crippen molar-refractivity contribution in [3.63, 3.8) is 0 Å². The van der Waals surface area contributed by atoms with E-state index < -0.39 is 0 Å². The molecule has 3 nitrogen and oxygen atoms in total. The molecule has 0 spiro atoms. The molecular formula is C12H19N3. The highest BCUT2D eigenvalue weighted by Crippen LogP contribution is 2.30. The summed E-state index contributed by atoms with van der Waals surface area (Å²) in [4.78, 5) is 9.05. The lowest BCUT2D eigenvalue weighted by atomic mass is 9.88. The van der Waals surface area contributed by atoms with Gasteiger partial charge in [0.1, 0.15) is 5.82 Å². The van der Waals surface area contributed by atoms with Crippen LogP contribution in [0.25, 0.3) is 0 Å². The third-order valence-electron chi connectivity index (χ3n) is 3.24. The van der Waals surface area contributed by atoms with Crippen LogP contribution in [-0.4, -0.2) is 17.0 Å². The van der Waals surface area contributed by atoms with Gasteiger partial charge in [0, 0.05) is 13.0 Å². The van der Waals surface area contributed by atoms with Crippen molar-refractivity contribution in [3.8, 4) is 0 Å². The first-order valence-corrected chi connectivity index (χ1v) is 5.82. The van der Waals surface area contributed by atoms with Gasteiger partial charge >= 0.3 is 0 Å². The average molecular weight is 205 g/mol. The lowest BCUT2D eigenvalue weighted by Gasteiger charge is -2.20. The number of anilines is 1. The molecule has 82 valence electrons. The topological polar surface area (TPSA) is 37.8 Å². The number of nitrogens with zero attached hydrogens (tertiary/aromatic N) is 2. The number of rotatable bonds is 2. The highest BCUT2D eigenvalue weighted by molar-refractivity contribution is 5.44. The van der Waals surface area contributed by atoms with Crippen molar-refractivity contribution < 1.29 is 0 Å². The number of hydrogen-bond donors (Lipinski definition) is 1. The van der Waals surface area contributed by atoms with E-state index in [1.807, 2.05) is 20.2 Å². The summed E-state index contributed by atoms with van der Waals surface area (Å²) < 4.78 is 0. The molecule has 1 heterocycles. The van der Waals surface area contributed by atoms with Crippen LogP contribution >= 0.6 is 0 Å². The molecule has 1 aliphatic rings. The van der Waals surface area contributed by atoms with Crippen LogP contribution in [0.4, 0.5) is 5.69 Å². The van der Waals surface area contributed by atoms with Gasteiger partial charge in [-0.15, -0.1) is 0 Å². The van der Waals surface area contributed by atoms with Crippen molar-refractivity contribution in [3.05, 3.63) is 17.7 Å². The lowest BCUT2D eigenvalue weighted by Crippen LogP contribution is -2.10. The fourth-order valence-corrected chi connectivity index (χ4v) is 2.29. The van der Waals surface area contributed by atoms with Gasteiger partial charge in [0.25, 0.3) is 0 Å². The zero-order chi connectivity index (χ0) is 10.7. The van der Waals surface area contributed by atoms with Crippen molar-refractivity contribution >= 4 is 5.69 Å². The summed E-state index contributed by atoms with van der Waals surface area (Å²) in [6, 6.07) is 0. The highest BCUT2D eigenvalue weighted by Gasteiger charge is 2.18. The number of hydrogen-bond acceptors (Lipinski definition) is 3. The Hall–Kier alpha value is -1.12. The van der Waals surface area contributed by atoms with E-state index in [9.17, 15) is 0 Å². The molecule has 1 N–H and O–H groups in total. The third-order valence-corrected chi connectivity index (χ3v) is 3.24. The quantitative estimate of drug-likeness (QED) is 0.806. The maximum absolute atomic E-state index is 4.59. The Morgan fingerprint density at radius 3 is 2.60 bits per heavy atom. The number of nitrogens with one attached hydrogen (secondary N) is 1. The summed E-state index contributed by atoms with van der Waals surface area (Å²) in [7, 11) is 1.91. The van der Waals surface area contributed by atoms with Gasteiger partial charge in [-0.05, 0) is 19.8 Å². The Morgan fingerprint density at radius 1 is 1.27 bits per heavy atom. The van der Waals surface area contributed by atoms with Gasteiger partial charge in [0.15, 0.2) is 0 Å². The van der Waals surface area contributed by atoms with E-state index >= 15 is 0 Å². The van der Waals surface area contributed by atoms with Gasteiger partial charge in [-0.1, -0.05) is 19.3 Å². The largest absolute Gasteiger partial charge is 0.385 e. The van der Waals surface area contributed by atoms with E-state index in [-0.39, 0.29) is 0 Å². The molecule has 1 saturated carbocycles. The predicted octanol–water partition coefficient (Wildman–Crippen LogP) is 2.87. The van der Waals surface area contributed by atoms with Gasteiger partial charge < -0.3 is 5.32 Å². The minimum absolute atomic E-state index is 0.600. The molecule has 0 amide bonds. The fourth-order valence-electron chi connectivity index (χ4n) is 2.29. The standard InChI is InChI=1S/C12H19N3/c1-9-11(13-2)8-14-12(15-9)10-6-4-3-5-7-10/h8,10,13H,3-7H2,1-2H3. The van der Waals surface area contributed by atoms with E-state index in [0.29, 0.717) is 5.92 Å². The Morgan fingerprint density at radius 2 is 2.00 bits per heavy atom. The normalized spacial score (nSPS) is 17.7. The van der Waals surface area contributed by atoms with E-state index in [4.69, 9.17) is 0 Å². The molecule has 1 fully saturated rings. The van der Waals surface area contributed by atoms with Gasteiger partial charge in [0.2, 0.25) is 0 Å². The molecule has 0 radical (unpaired) electrons. The summed E-state index contributed by atoms with van der Waals surface area (Å²) in [6.07, 6.45) is 8.48. The van der Waals surface area contributed by atoms with Crippen molar-refractivity contribution in [2.75, 3.05) is 12.4 Å². The smallest absolute Gasteiger partial charge is 0.131 e. The molecule has 1 aromatic heterocycles. The molecule has 15 heavy (non-hydrogen) atoms. The summed E-state index contributed by atoms with van der Waals surface area (Å²) in [6.45, 7) is 2.04. The van der Waals surface area contributed by atoms with Gasteiger partial charge in [0.05, 0.1) is 17.6 Å². The second-order valence-corrected chi connectivity index (χ2v) is 4.31. The van der Waals surface area contributed by atoms with Crippen LogP contribution in [0, 0.1) is 6.92 Å². The third kappa shape index (κ3) is 2.28. The summed E-state index contributed by atoms with van der Waals surface area (Å²) >= 11 is 0. The molecule has 2 rings (SSSR count). The van der Waals surface area contributed by atoms with E-state index in [0.717, 1.165) is 17.2 Å². The van der Waals surface area contributed by atoms with Crippen LogP contribution in [0.5, 0.6) is 0 Å². The molecule has 3 heteroatoms. The van der Waals surface area contributed by atoms with E-state index in [2.05, 4.69) is 15.3 Å². The van der Waals surface area contributed by atoms with Crippen molar-refractivity contribution in [1.82, 2.24) is 9.97 Å². The average Bonchev–Trinajstić information content (AvgIpc) is 2.30. The molecule has 0 atom stereocenters. The molecular weight excluding hydrogens is 186 g/mol. The molecule has 0 aromatic carbocycles. The van der Waals surface area contributed by atoms with Crippen LogP contribution in [-0.2, 0) is 0 Å².